The van der Waals surface area contributed by atoms with Crippen LogP contribution in [0.3, 0.4) is 0 Å². The van der Waals surface area contributed by atoms with Crippen LogP contribution in [-0.4, -0.2) is 22.1 Å². The smallest absolute Gasteiger partial charge is 0.155 e. The van der Waals surface area contributed by atoms with Gasteiger partial charge in [0.25, 0.3) is 0 Å². The third-order valence-electron chi connectivity index (χ3n) is 6.13. The van der Waals surface area contributed by atoms with Gasteiger partial charge in [-0.2, -0.15) is 0 Å². The van der Waals surface area contributed by atoms with Crippen molar-refractivity contribution >= 4 is 17.3 Å². The number of aromatic nitrogens is 2. The molecule has 1 aromatic heterocycles. The number of hydrogen-bond donors (Lipinski definition) is 3. The first-order chi connectivity index (χ1) is 11.2. The molecular formula is C18H29N5. The van der Waals surface area contributed by atoms with E-state index in [1.54, 1.807) is 6.33 Å². The van der Waals surface area contributed by atoms with E-state index in [0.717, 1.165) is 48.8 Å². The highest BCUT2D eigenvalue weighted by molar-refractivity contribution is 5.74. The van der Waals surface area contributed by atoms with Gasteiger partial charge in [0.15, 0.2) is 11.6 Å². The highest BCUT2D eigenvalue weighted by Crippen LogP contribution is 2.56. The second-order valence-electron chi connectivity index (χ2n) is 8.09. The normalized spacial score (nSPS) is 34.6. The molecule has 4 aliphatic rings. The van der Waals surface area contributed by atoms with Crippen LogP contribution in [0, 0.1) is 17.8 Å². The summed E-state index contributed by atoms with van der Waals surface area (Å²) < 4.78 is 0. The summed E-state index contributed by atoms with van der Waals surface area (Å²) in [5.41, 5.74) is 7.26. The predicted molar refractivity (Wildman–Crippen MR) is 94.4 cm³/mol. The molecule has 5 rings (SSSR count). The van der Waals surface area contributed by atoms with Crippen molar-refractivity contribution in [2.75, 3.05) is 22.9 Å². The quantitative estimate of drug-likeness (QED) is 0.699. The Morgan fingerprint density at radius 3 is 2.30 bits per heavy atom. The SMILES string of the molecule is CCCCNc1ncnc(NC23CC4CC(CC(C4)C2)C3)c1N. The lowest BCUT2D eigenvalue weighted by Crippen LogP contribution is -2.55. The lowest BCUT2D eigenvalue weighted by molar-refractivity contribution is 0.0106. The van der Waals surface area contributed by atoms with Crippen LogP contribution in [0.2, 0.25) is 0 Å². The summed E-state index contributed by atoms with van der Waals surface area (Å²) in [7, 11) is 0. The molecule has 5 heteroatoms. The Kier molecular flexibility index (Phi) is 3.82. The summed E-state index contributed by atoms with van der Waals surface area (Å²) in [6.45, 7) is 3.10. The molecule has 0 aromatic carbocycles. The van der Waals surface area contributed by atoms with E-state index >= 15 is 0 Å². The van der Waals surface area contributed by atoms with Gasteiger partial charge in [-0.05, 0) is 62.7 Å². The summed E-state index contributed by atoms with van der Waals surface area (Å²) in [6, 6.07) is 0. The van der Waals surface area contributed by atoms with E-state index in [4.69, 9.17) is 5.73 Å². The molecule has 0 radical (unpaired) electrons. The van der Waals surface area contributed by atoms with Crippen LogP contribution < -0.4 is 16.4 Å². The molecule has 0 unspecified atom stereocenters. The molecule has 4 aliphatic carbocycles. The van der Waals surface area contributed by atoms with Gasteiger partial charge in [0.2, 0.25) is 0 Å². The van der Waals surface area contributed by atoms with Crippen molar-refractivity contribution in [1.82, 2.24) is 9.97 Å². The standard InChI is InChI=1S/C18H29N5/c1-2-3-4-20-16-15(19)17(22-11-21-16)23-18-8-12-5-13(9-18)7-14(6-12)10-18/h11-14H,2-10,19H2,1H3,(H2,20,21,22,23). The Morgan fingerprint density at radius 2 is 1.70 bits per heavy atom. The molecule has 0 aliphatic heterocycles. The summed E-state index contributed by atoms with van der Waals surface area (Å²) in [4.78, 5) is 8.77. The van der Waals surface area contributed by atoms with Crippen molar-refractivity contribution in [3.05, 3.63) is 6.33 Å². The maximum Gasteiger partial charge on any atom is 0.155 e. The maximum absolute atomic E-state index is 6.34. The molecule has 0 spiro atoms. The minimum atomic E-state index is 0.234. The molecule has 1 aromatic rings. The van der Waals surface area contributed by atoms with E-state index in [1.807, 2.05) is 0 Å². The van der Waals surface area contributed by atoms with Crippen molar-refractivity contribution in [3.63, 3.8) is 0 Å². The molecule has 1 heterocycles. The van der Waals surface area contributed by atoms with E-state index in [9.17, 15) is 0 Å². The van der Waals surface area contributed by atoms with Gasteiger partial charge < -0.3 is 16.4 Å². The Balaban J connectivity index is 1.51. The zero-order chi connectivity index (χ0) is 15.9. The molecule has 5 nitrogen and oxygen atoms in total. The van der Waals surface area contributed by atoms with Crippen molar-refractivity contribution in [1.29, 1.82) is 0 Å². The number of nitrogen functional groups attached to an aromatic ring is 1. The van der Waals surface area contributed by atoms with Crippen LogP contribution in [0.5, 0.6) is 0 Å². The molecule has 0 atom stereocenters. The molecular weight excluding hydrogens is 286 g/mol. The van der Waals surface area contributed by atoms with Gasteiger partial charge in [-0.3, -0.25) is 0 Å². The van der Waals surface area contributed by atoms with Crippen molar-refractivity contribution in [3.8, 4) is 0 Å². The monoisotopic (exact) mass is 315 g/mol. The third-order valence-corrected chi connectivity index (χ3v) is 6.13. The Hall–Kier alpha value is -1.52. The number of hydrogen-bond acceptors (Lipinski definition) is 5. The predicted octanol–water partition coefficient (Wildman–Crippen LogP) is 3.65. The van der Waals surface area contributed by atoms with Gasteiger partial charge in [0.05, 0.1) is 0 Å². The average molecular weight is 315 g/mol. The number of nitrogens with two attached hydrogens (primary N) is 1. The van der Waals surface area contributed by atoms with Gasteiger partial charge in [0.1, 0.15) is 12.0 Å². The van der Waals surface area contributed by atoms with E-state index in [1.165, 1.54) is 38.5 Å². The van der Waals surface area contributed by atoms with Crippen molar-refractivity contribution in [2.45, 2.75) is 63.8 Å². The fourth-order valence-electron chi connectivity index (χ4n) is 5.53. The average Bonchev–Trinajstić information content (AvgIpc) is 2.49. The van der Waals surface area contributed by atoms with Crippen LogP contribution in [0.1, 0.15) is 58.3 Å². The zero-order valence-electron chi connectivity index (χ0n) is 14.1. The highest BCUT2D eigenvalue weighted by atomic mass is 15.1. The molecule has 4 bridgehead atoms. The molecule has 4 N–H and O–H groups in total. The second-order valence-corrected chi connectivity index (χ2v) is 8.09. The topological polar surface area (TPSA) is 75.9 Å². The van der Waals surface area contributed by atoms with Crippen LogP contribution in [0.25, 0.3) is 0 Å². The Morgan fingerprint density at radius 1 is 1.09 bits per heavy atom. The molecule has 126 valence electrons. The van der Waals surface area contributed by atoms with Gasteiger partial charge in [-0.15, -0.1) is 0 Å². The lowest BCUT2D eigenvalue weighted by Gasteiger charge is -2.57. The van der Waals surface area contributed by atoms with Crippen molar-refractivity contribution in [2.24, 2.45) is 17.8 Å². The largest absolute Gasteiger partial charge is 0.393 e. The summed E-state index contributed by atoms with van der Waals surface area (Å²) >= 11 is 0. The number of rotatable bonds is 6. The van der Waals surface area contributed by atoms with E-state index in [0.29, 0.717) is 5.69 Å². The Labute approximate surface area is 138 Å². The molecule has 23 heavy (non-hydrogen) atoms. The minimum absolute atomic E-state index is 0.234. The molecule has 4 saturated carbocycles. The third kappa shape index (κ3) is 2.86. The molecule has 0 saturated heterocycles. The van der Waals surface area contributed by atoms with Crippen LogP contribution >= 0.6 is 0 Å². The summed E-state index contributed by atoms with van der Waals surface area (Å²) in [5.74, 6) is 4.36. The van der Waals surface area contributed by atoms with E-state index in [2.05, 4.69) is 27.5 Å². The summed E-state index contributed by atoms with van der Waals surface area (Å²) in [6.07, 6.45) is 12.1. The number of unbranched alkanes of at least 4 members (excludes halogenated alkanes) is 1. The first-order valence-electron chi connectivity index (χ1n) is 9.30. The first kappa shape index (κ1) is 15.0. The number of nitrogens with zero attached hydrogens (tertiary/aromatic N) is 2. The fraction of sp³-hybridized carbons (Fsp3) is 0.778. The fourth-order valence-corrected chi connectivity index (χ4v) is 5.53. The summed E-state index contributed by atoms with van der Waals surface area (Å²) in [5, 5.41) is 7.12. The lowest BCUT2D eigenvalue weighted by atomic mass is 9.53. The van der Waals surface area contributed by atoms with E-state index in [-0.39, 0.29) is 5.54 Å². The second kappa shape index (κ2) is 5.84. The van der Waals surface area contributed by atoms with Crippen LogP contribution in [-0.2, 0) is 0 Å². The van der Waals surface area contributed by atoms with Gasteiger partial charge >= 0.3 is 0 Å². The molecule has 4 fully saturated rings. The zero-order valence-corrected chi connectivity index (χ0v) is 14.1. The number of anilines is 3. The van der Waals surface area contributed by atoms with E-state index < -0.39 is 0 Å². The van der Waals surface area contributed by atoms with Gasteiger partial charge in [-0.1, -0.05) is 13.3 Å². The van der Waals surface area contributed by atoms with Crippen LogP contribution in [0.15, 0.2) is 6.33 Å². The highest BCUT2D eigenvalue weighted by Gasteiger charge is 2.51. The van der Waals surface area contributed by atoms with Crippen LogP contribution in [0.4, 0.5) is 17.3 Å². The maximum atomic E-state index is 6.34. The van der Waals surface area contributed by atoms with Gasteiger partial charge in [0, 0.05) is 12.1 Å². The minimum Gasteiger partial charge on any atom is -0.393 e. The molecule has 0 amide bonds. The van der Waals surface area contributed by atoms with Crippen molar-refractivity contribution < 1.29 is 0 Å². The van der Waals surface area contributed by atoms with Gasteiger partial charge in [-0.25, -0.2) is 9.97 Å². The Bertz CT molecular complexity index is 535. The first-order valence-corrected chi connectivity index (χ1v) is 9.30. The number of nitrogens with one attached hydrogen (secondary N) is 2.